The summed E-state index contributed by atoms with van der Waals surface area (Å²) < 4.78 is 102. The van der Waals surface area contributed by atoms with Crippen molar-refractivity contribution in [3.63, 3.8) is 0 Å². The van der Waals surface area contributed by atoms with Crippen LogP contribution in [0.3, 0.4) is 0 Å². The minimum absolute atomic E-state index is 0.0283. The number of hydrogen-bond donors (Lipinski definition) is 2. The van der Waals surface area contributed by atoms with E-state index < -0.39 is 33.8 Å². The van der Waals surface area contributed by atoms with Crippen LogP contribution in [-0.4, -0.2) is 20.5 Å². The minimum atomic E-state index is -5.12. The molecule has 0 aliphatic carbocycles. The number of anilines is 2. The lowest BCUT2D eigenvalue weighted by atomic mass is 10.2. The van der Waals surface area contributed by atoms with Crippen molar-refractivity contribution in [3.05, 3.63) is 53.6 Å². The van der Waals surface area contributed by atoms with E-state index >= 15 is 0 Å². The lowest BCUT2D eigenvalue weighted by Crippen LogP contribution is -2.30. The van der Waals surface area contributed by atoms with Gasteiger partial charge in [0.05, 0.1) is 10.5 Å². The molecule has 0 bridgehead atoms. The number of rotatable bonds is 4. The second kappa shape index (κ2) is 7.34. The molecule has 152 valence electrons. The molecule has 0 atom stereocenters. The summed E-state index contributed by atoms with van der Waals surface area (Å²) in [5.41, 5.74) is -1.73. The van der Waals surface area contributed by atoms with Gasteiger partial charge in [-0.05, 0) is 48.9 Å². The second-order valence-electron chi connectivity index (χ2n) is 5.62. The number of amides is 1. The number of nitrogens with one attached hydrogen (secondary N) is 2. The van der Waals surface area contributed by atoms with Crippen LogP contribution in [0.15, 0.2) is 47.4 Å². The van der Waals surface area contributed by atoms with Crippen molar-refractivity contribution in [2.24, 2.45) is 0 Å². The van der Waals surface area contributed by atoms with Crippen LogP contribution < -0.4 is 10.0 Å². The molecule has 2 aromatic rings. The van der Waals surface area contributed by atoms with E-state index in [1.54, 1.807) is 5.32 Å². The molecule has 0 aliphatic heterocycles. The van der Waals surface area contributed by atoms with Crippen LogP contribution in [0.5, 0.6) is 0 Å². The van der Waals surface area contributed by atoms with Crippen molar-refractivity contribution in [2.45, 2.75) is 24.2 Å². The quantitative estimate of drug-likeness (QED) is 0.716. The first-order valence-corrected chi connectivity index (χ1v) is 8.87. The van der Waals surface area contributed by atoms with Crippen molar-refractivity contribution in [3.8, 4) is 0 Å². The van der Waals surface area contributed by atoms with E-state index in [2.05, 4.69) is 0 Å². The standard InChI is InChI=1S/C16H12F6N2O3S/c1-9-7-11(23-14(25)16(20,21)22)5-6-13(9)28(26,27)24-12-4-2-3-10(8-12)15(17,18)19/h2-8,24H,1H3,(H,23,25). The smallest absolute Gasteiger partial charge is 0.318 e. The van der Waals surface area contributed by atoms with Gasteiger partial charge in [-0.15, -0.1) is 0 Å². The predicted molar refractivity (Wildman–Crippen MR) is 88.1 cm³/mol. The number of benzene rings is 2. The average molecular weight is 426 g/mol. The van der Waals surface area contributed by atoms with E-state index in [4.69, 9.17) is 0 Å². The van der Waals surface area contributed by atoms with Crippen LogP contribution in [0.4, 0.5) is 37.7 Å². The Kier molecular flexibility index (Phi) is 5.64. The molecule has 1 amide bonds. The van der Waals surface area contributed by atoms with Gasteiger partial charge in [0.15, 0.2) is 0 Å². The highest BCUT2D eigenvalue weighted by atomic mass is 32.2. The maximum absolute atomic E-state index is 12.7. The molecule has 2 aromatic carbocycles. The van der Waals surface area contributed by atoms with Gasteiger partial charge < -0.3 is 5.32 Å². The molecule has 0 aromatic heterocycles. The van der Waals surface area contributed by atoms with Crippen molar-refractivity contribution < 1.29 is 39.6 Å². The minimum Gasteiger partial charge on any atom is -0.318 e. The van der Waals surface area contributed by atoms with Crippen LogP contribution in [-0.2, 0) is 21.0 Å². The van der Waals surface area contributed by atoms with Gasteiger partial charge >= 0.3 is 18.3 Å². The highest BCUT2D eigenvalue weighted by Crippen LogP contribution is 2.31. The zero-order valence-electron chi connectivity index (χ0n) is 13.9. The fourth-order valence-corrected chi connectivity index (χ4v) is 3.48. The molecule has 2 rings (SSSR count). The number of halogens is 6. The maximum atomic E-state index is 12.7. The summed E-state index contributed by atoms with van der Waals surface area (Å²) in [5, 5.41) is 1.57. The topological polar surface area (TPSA) is 75.3 Å². The predicted octanol–water partition coefficient (Wildman–Crippen LogP) is 4.32. The molecule has 0 radical (unpaired) electrons. The summed E-state index contributed by atoms with van der Waals surface area (Å²) in [6, 6.07) is 6.34. The Labute approximate surface area is 155 Å². The zero-order valence-corrected chi connectivity index (χ0v) is 14.8. The van der Waals surface area contributed by atoms with Crippen LogP contribution in [0.25, 0.3) is 0 Å². The fraction of sp³-hybridized carbons (Fsp3) is 0.188. The number of hydrogen-bond acceptors (Lipinski definition) is 3. The number of alkyl halides is 6. The molecule has 0 heterocycles. The molecule has 0 spiro atoms. The first-order chi connectivity index (χ1) is 12.7. The number of aryl methyl sites for hydroxylation is 1. The molecule has 0 unspecified atom stereocenters. The lowest BCUT2D eigenvalue weighted by Gasteiger charge is -2.14. The van der Waals surface area contributed by atoms with Crippen LogP contribution >= 0.6 is 0 Å². The summed E-state index contributed by atoms with van der Waals surface area (Å²) >= 11 is 0. The molecule has 0 fully saturated rings. The van der Waals surface area contributed by atoms with Crippen LogP contribution in [0.2, 0.25) is 0 Å². The summed E-state index contributed by atoms with van der Waals surface area (Å²) in [6.45, 7) is 1.25. The van der Waals surface area contributed by atoms with Crippen LogP contribution in [0, 0.1) is 6.92 Å². The van der Waals surface area contributed by atoms with Crippen molar-refractivity contribution in [1.29, 1.82) is 0 Å². The van der Waals surface area contributed by atoms with E-state index in [1.165, 1.54) is 6.92 Å². The summed E-state index contributed by atoms with van der Waals surface area (Å²) in [4.78, 5) is 10.5. The molecule has 2 N–H and O–H groups in total. The first kappa shape index (κ1) is 21.5. The molecular formula is C16H12F6N2O3S. The normalized spacial score (nSPS) is 12.5. The maximum Gasteiger partial charge on any atom is 0.471 e. The fourth-order valence-electron chi connectivity index (χ4n) is 2.20. The first-order valence-electron chi connectivity index (χ1n) is 7.39. The van der Waals surface area contributed by atoms with E-state index in [1.807, 2.05) is 4.72 Å². The number of carbonyl (C=O) groups is 1. The van der Waals surface area contributed by atoms with Gasteiger partial charge in [-0.1, -0.05) is 6.07 Å². The Balaban J connectivity index is 2.28. The third kappa shape index (κ3) is 5.15. The molecule has 0 aliphatic rings. The Morgan fingerprint density at radius 1 is 0.929 bits per heavy atom. The van der Waals surface area contributed by atoms with E-state index in [9.17, 15) is 39.6 Å². The highest BCUT2D eigenvalue weighted by molar-refractivity contribution is 7.92. The van der Waals surface area contributed by atoms with Gasteiger partial charge in [0.2, 0.25) is 0 Å². The Morgan fingerprint density at radius 2 is 1.57 bits per heavy atom. The summed E-state index contributed by atoms with van der Waals surface area (Å²) in [5.74, 6) is -2.23. The average Bonchev–Trinajstić information content (AvgIpc) is 2.52. The molecule has 0 saturated heterocycles. The third-order valence-electron chi connectivity index (χ3n) is 3.42. The monoisotopic (exact) mass is 426 g/mol. The molecule has 0 saturated carbocycles. The van der Waals surface area contributed by atoms with Crippen molar-refractivity contribution in [1.82, 2.24) is 0 Å². The molecular weight excluding hydrogens is 414 g/mol. The van der Waals surface area contributed by atoms with E-state index in [0.29, 0.717) is 6.07 Å². The van der Waals surface area contributed by atoms with Gasteiger partial charge in [-0.3, -0.25) is 9.52 Å². The second-order valence-corrected chi connectivity index (χ2v) is 7.27. The van der Waals surface area contributed by atoms with Gasteiger partial charge in [-0.25, -0.2) is 8.42 Å². The van der Waals surface area contributed by atoms with Crippen molar-refractivity contribution in [2.75, 3.05) is 10.0 Å². The Bertz CT molecular complexity index is 1000. The SMILES string of the molecule is Cc1cc(NC(=O)C(F)(F)F)ccc1S(=O)(=O)Nc1cccc(C(F)(F)F)c1. The largest absolute Gasteiger partial charge is 0.471 e. The molecule has 12 heteroatoms. The zero-order chi connectivity index (χ0) is 21.3. The summed E-state index contributed by atoms with van der Waals surface area (Å²) in [7, 11) is -4.33. The Morgan fingerprint density at radius 3 is 2.11 bits per heavy atom. The Hall–Kier alpha value is -2.76. The van der Waals surface area contributed by atoms with Crippen LogP contribution in [0.1, 0.15) is 11.1 Å². The van der Waals surface area contributed by atoms with Gasteiger partial charge in [0.25, 0.3) is 10.0 Å². The van der Waals surface area contributed by atoms with Crippen molar-refractivity contribution >= 4 is 27.3 Å². The van der Waals surface area contributed by atoms with Gasteiger partial charge in [-0.2, -0.15) is 26.3 Å². The van der Waals surface area contributed by atoms with Gasteiger partial charge in [0, 0.05) is 11.4 Å². The third-order valence-corrected chi connectivity index (χ3v) is 4.96. The van der Waals surface area contributed by atoms with E-state index in [-0.39, 0.29) is 21.8 Å². The molecule has 5 nitrogen and oxygen atoms in total. The highest BCUT2D eigenvalue weighted by Gasteiger charge is 2.38. The van der Waals surface area contributed by atoms with E-state index in [0.717, 1.165) is 36.4 Å². The summed E-state index contributed by atoms with van der Waals surface area (Å²) in [6.07, 6.45) is -9.79. The number of carbonyl (C=O) groups excluding carboxylic acids is 1. The molecule has 28 heavy (non-hydrogen) atoms. The number of sulfonamides is 1. The lowest BCUT2D eigenvalue weighted by molar-refractivity contribution is -0.167. The van der Waals surface area contributed by atoms with Gasteiger partial charge in [0.1, 0.15) is 0 Å².